The highest BCUT2D eigenvalue weighted by atomic mass is 35.5. The molecule has 0 atom stereocenters. The van der Waals surface area contributed by atoms with Gasteiger partial charge in [-0.15, -0.1) is 10.2 Å². The standard InChI is InChI=1S/C19H15ClN2O5S/c1-25-14-7-8-15(26-2)12(9-14)10-16(18(23)24)28-19-22-21-17(27-19)11-3-5-13(20)6-4-11/h3-10H,1-2H3,(H,23,24)/b16-10-. The summed E-state index contributed by atoms with van der Waals surface area (Å²) >= 11 is 6.71. The summed E-state index contributed by atoms with van der Waals surface area (Å²) < 4.78 is 16.0. The molecule has 3 aromatic rings. The lowest BCUT2D eigenvalue weighted by atomic mass is 10.1. The molecule has 0 radical (unpaired) electrons. The number of carboxylic acid groups (broad SMARTS) is 1. The van der Waals surface area contributed by atoms with Crippen molar-refractivity contribution in [2.45, 2.75) is 5.22 Å². The van der Waals surface area contributed by atoms with Gasteiger partial charge in [0.1, 0.15) is 16.4 Å². The highest BCUT2D eigenvalue weighted by molar-refractivity contribution is 8.03. The number of methoxy groups -OCH3 is 2. The largest absolute Gasteiger partial charge is 0.497 e. The Morgan fingerprint density at radius 2 is 1.89 bits per heavy atom. The molecule has 0 saturated heterocycles. The minimum atomic E-state index is -1.14. The molecule has 28 heavy (non-hydrogen) atoms. The smallest absolute Gasteiger partial charge is 0.342 e. The summed E-state index contributed by atoms with van der Waals surface area (Å²) in [4.78, 5) is 11.7. The van der Waals surface area contributed by atoms with Crippen LogP contribution in [-0.4, -0.2) is 35.5 Å². The summed E-state index contributed by atoms with van der Waals surface area (Å²) in [6, 6.07) is 12.0. The van der Waals surface area contributed by atoms with Gasteiger partial charge in [0.05, 0.1) is 14.2 Å². The quantitative estimate of drug-likeness (QED) is 0.438. The predicted molar refractivity (Wildman–Crippen MR) is 106 cm³/mol. The molecule has 0 saturated carbocycles. The number of nitrogens with zero attached hydrogens (tertiary/aromatic N) is 2. The van der Waals surface area contributed by atoms with Crippen LogP contribution in [0.2, 0.25) is 5.02 Å². The van der Waals surface area contributed by atoms with E-state index in [0.29, 0.717) is 27.6 Å². The lowest BCUT2D eigenvalue weighted by Crippen LogP contribution is -1.98. The molecule has 1 aromatic heterocycles. The molecule has 3 rings (SSSR count). The van der Waals surface area contributed by atoms with Crippen LogP contribution in [0.4, 0.5) is 0 Å². The molecule has 9 heteroatoms. The fourth-order valence-electron chi connectivity index (χ4n) is 2.28. The number of aliphatic carboxylic acids is 1. The monoisotopic (exact) mass is 418 g/mol. The van der Waals surface area contributed by atoms with Crippen LogP contribution >= 0.6 is 23.4 Å². The van der Waals surface area contributed by atoms with E-state index in [1.54, 1.807) is 42.5 Å². The van der Waals surface area contributed by atoms with Gasteiger partial charge in [0.15, 0.2) is 0 Å². The first-order chi connectivity index (χ1) is 13.5. The third-order valence-electron chi connectivity index (χ3n) is 3.63. The molecule has 0 bridgehead atoms. The molecule has 144 valence electrons. The highest BCUT2D eigenvalue weighted by Gasteiger charge is 2.17. The molecular weight excluding hydrogens is 404 g/mol. The number of halogens is 1. The van der Waals surface area contributed by atoms with E-state index in [2.05, 4.69) is 10.2 Å². The normalized spacial score (nSPS) is 11.3. The number of thioether (sulfide) groups is 1. The van der Waals surface area contributed by atoms with Crippen molar-refractivity contribution >= 4 is 35.4 Å². The highest BCUT2D eigenvalue weighted by Crippen LogP contribution is 2.33. The third kappa shape index (κ3) is 4.65. The van der Waals surface area contributed by atoms with Crippen LogP contribution in [0.5, 0.6) is 11.5 Å². The Morgan fingerprint density at radius 3 is 2.54 bits per heavy atom. The van der Waals surface area contributed by atoms with Crippen molar-refractivity contribution < 1.29 is 23.8 Å². The number of hydrogen-bond acceptors (Lipinski definition) is 7. The predicted octanol–water partition coefficient (Wildman–Crippen LogP) is 4.63. The summed E-state index contributed by atoms with van der Waals surface area (Å²) in [7, 11) is 3.03. The summed E-state index contributed by atoms with van der Waals surface area (Å²) in [6.07, 6.45) is 1.46. The Balaban J connectivity index is 1.89. The van der Waals surface area contributed by atoms with Gasteiger partial charge < -0.3 is 19.0 Å². The first-order valence-electron chi connectivity index (χ1n) is 7.94. The fraction of sp³-hybridized carbons (Fsp3) is 0.105. The van der Waals surface area contributed by atoms with Gasteiger partial charge in [-0.05, 0) is 60.3 Å². The molecule has 2 aromatic carbocycles. The van der Waals surface area contributed by atoms with Gasteiger partial charge in [-0.3, -0.25) is 0 Å². The maximum atomic E-state index is 11.7. The van der Waals surface area contributed by atoms with Gasteiger partial charge in [0.25, 0.3) is 5.22 Å². The molecule has 1 N–H and O–H groups in total. The van der Waals surface area contributed by atoms with Gasteiger partial charge in [0.2, 0.25) is 5.89 Å². The van der Waals surface area contributed by atoms with E-state index >= 15 is 0 Å². The van der Waals surface area contributed by atoms with Gasteiger partial charge in [0, 0.05) is 16.1 Å². The Bertz CT molecular complexity index is 1020. The van der Waals surface area contributed by atoms with E-state index in [-0.39, 0.29) is 16.0 Å². The lowest BCUT2D eigenvalue weighted by Gasteiger charge is -2.08. The van der Waals surface area contributed by atoms with Gasteiger partial charge in [-0.25, -0.2) is 4.79 Å². The third-order valence-corrected chi connectivity index (χ3v) is 4.73. The summed E-state index contributed by atoms with van der Waals surface area (Å²) in [6.45, 7) is 0. The summed E-state index contributed by atoms with van der Waals surface area (Å²) in [5.74, 6) is 0.209. The maximum absolute atomic E-state index is 11.7. The van der Waals surface area contributed by atoms with Crippen LogP contribution in [0.3, 0.4) is 0 Å². The van der Waals surface area contributed by atoms with Crippen molar-refractivity contribution in [2.24, 2.45) is 0 Å². The van der Waals surface area contributed by atoms with Crippen LogP contribution in [0.25, 0.3) is 17.5 Å². The SMILES string of the molecule is COc1ccc(OC)c(/C=C(\Sc2nnc(-c3ccc(Cl)cc3)o2)C(=O)O)c1. The molecule has 0 aliphatic rings. The maximum Gasteiger partial charge on any atom is 0.342 e. The Morgan fingerprint density at radius 1 is 1.14 bits per heavy atom. The molecule has 0 unspecified atom stereocenters. The van der Waals surface area contributed by atoms with Crippen molar-refractivity contribution in [3.8, 4) is 23.0 Å². The number of ether oxygens (including phenoxy) is 2. The van der Waals surface area contributed by atoms with E-state index in [0.717, 1.165) is 11.8 Å². The molecule has 1 heterocycles. The second-order valence-electron chi connectivity index (χ2n) is 5.40. The number of benzene rings is 2. The molecule has 7 nitrogen and oxygen atoms in total. The van der Waals surface area contributed by atoms with Crippen LogP contribution in [-0.2, 0) is 4.79 Å². The van der Waals surface area contributed by atoms with Crippen LogP contribution in [0.15, 0.2) is 57.0 Å². The molecular formula is C19H15ClN2O5S. The number of carbonyl (C=O) groups is 1. The molecule has 0 fully saturated rings. The Hall–Kier alpha value is -2.97. The molecule has 0 aliphatic carbocycles. The number of rotatable bonds is 7. The van der Waals surface area contributed by atoms with Gasteiger partial charge in [-0.2, -0.15) is 0 Å². The van der Waals surface area contributed by atoms with E-state index in [4.69, 9.17) is 25.5 Å². The number of carboxylic acids is 1. The van der Waals surface area contributed by atoms with E-state index in [9.17, 15) is 9.90 Å². The molecule has 0 aliphatic heterocycles. The zero-order valence-electron chi connectivity index (χ0n) is 14.9. The van der Waals surface area contributed by atoms with E-state index in [1.165, 1.54) is 20.3 Å². The first-order valence-corrected chi connectivity index (χ1v) is 9.14. The van der Waals surface area contributed by atoms with Crippen LogP contribution < -0.4 is 9.47 Å². The van der Waals surface area contributed by atoms with E-state index < -0.39 is 5.97 Å². The fourth-order valence-corrected chi connectivity index (χ4v) is 3.07. The van der Waals surface area contributed by atoms with Crippen molar-refractivity contribution in [3.05, 3.63) is 58.0 Å². The Kier molecular flexibility index (Phi) is 6.23. The van der Waals surface area contributed by atoms with Crippen molar-refractivity contribution in [3.63, 3.8) is 0 Å². The minimum Gasteiger partial charge on any atom is -0.497 e. The summed E-state index contributed by atoms with van der Waals surface area (Å²) in [5, 5.41) is 18.1. The first kappa shape index (κ1) is 19.8. The van der Waals surface area contributed by atoms with Crippen molar-refractivity contribution in [1.29, 1.82) is 0 Å². The average Bonchev–Trinajstić information content (AvgIpc) is 3.16. The zero-order valence-corrected chi connectivity index (χ0v) is 16.5. The number of aromatic nitrogens is 2. The minimum absolute atomic E-state index is 0.0159. The zero-order chi connectivity index (χ0) is 20.1. The second-order valence-corrected chi connectivity index (χ2v) is 6.83. The second kappa shape index (κ2) is 8.81. The number of hydrogen-bond donors (Lipinski definition) is 1. The van der Waals surface area contributed by atoms with E-state index in [1.807, 2.05) is 0 Å². The molecule has 0 amide bonds. The van der Waals surface area contributed by atoms with Crippen molar-refractivity contribution in [2.75, 3.05) is 14.2 Å². The van der Waals surface area contributed by atoms with Crippen LogP contribution in [0.1, 0.15) is 5.56 Å². The average molecular weight is 419 g/mol. The Labute approximate surface area is 169 Å². The summed E-state index contributed by atoms with van der Waals surface area (Å²) in [5.41, 5.74) is 1.23. The van der Waals surface area contributed by atoms with Crippen molar-refractivity contribution in [1.82, 2.24) is 10.2 Å². The van der Waals surface area contributed by atoms with Gasteiger partial charge in [-0.1, -0.05) is 11.6 Å². The van der Waals surface area contributed by atoms with Crippen LogP contribution in [0, 0.1) is 0 Å². The van der Waals surface area contributed by atoms with Gasteiger partial charge >= 0.3 is 5.97 Å². The topological polar surface area (TPSA) is 94.7 Å². The molecule has 0 spiro atoms. The lowest BCUT2D eigenvalue weighted by molar-refractivity contribution is -0.131.